The molecule has 2 aromatic heterocycles. The molecule has 2 amide bonds. The van der Waals surface area contributed by atoms with E-state index in [0.29, 0.717) is 50.9 Å². The summed E-state index contributed by atoms with van der Waals surface area (Å²) in [5, 5.41) is 5.53. The van der Waals surface area contributed by atoms with Gasteiger partial charge in [-0.05, 0) is 77.9 Å². The van der Waals surface area contributed by atoms with Crippen molar-refractivity contribution in [3.8, 4) is 0 Å². The first-order valence-electron chi connectivity index (χ1n) is 23.8. The van der Waals surface area contributed by atoms with Crippen LogP contribution in [0.15, 0.2) is 97.1 Å². The smallest absolute Gasteiger partial charge is 0.407 e. The number of fused-ring (bicyclic) bond motifs is 2. The number of benzene rings is 4. The number of aryl methyl sites for hydroxylation is 1. The predicted octanol–water partition coefficient (Wildman–Crippen LogP) is 8.89. The standard InChI is InChI=1S/2C25H35N3O6SSi/c1-35(30,31)34-13-12-20-10-11-23-22(16-20)27-24(28(23)19-32-14-15-36(2,3)4)17-26-25(29)33-18-21-8-6-5-7-9-21;1-36(2,3)15-13-33-19-28-23-16-20(10-7-14-35(30,31)32)11-12-22(23)27-24(28)17-26-25(29)34-18-21-8-5-4-6-9-21/h5-11,16H,12-15,17-19H2,1-4H3,(H,26,29);4-6,8-9,11-12,16H,7,10,13-15,17-19H2,1-3H3,(H,26,29)(H,30,31,32). The van der Waals surface area contributed by atoms with E-state index in [-0.39, 0.29) is 45.4 Å². The normalized spacial score (nSPS) is 12.1. The number of ether oxygens (including phenoxy) is 4. The third kappa shape index (κ3) is 21.3. The molecule has 0 fully saturated rings. The van der Waals surface area contributed by atoms with E-state index in [2.05, 4.69) is 54.9 Å². The Morgan fingerprint density at radius 2 is 1.08 bits per heavy atom. The van der Waals surface area contributed by atoms with Gasteiger partial charge in [-0.15, -0.1) is 0 Å². The number of amides is 2. The Morgan fingerprint density at radius 3 is 1.58 bits per heavy atom. The molecule has 0 aliphatic carbocycles. The topological polar surface area (TPSA) is 228 Å². The molecule has 6 rings (SSSR count). The van der Waals surface area contributed by atoms with Gasteiger partial charge in [0.05, 0.1) is 53.8 Å². The molecule has 0 saturated heterocycles. The molecule has 0 aliphatic rings. The highest BCUT2D eigenvalue weighted by Crippen LogP contribution is 2.22. The molecule has 2 heterocycles. The van der Waals surface area contributed by atoms with E-state index in [9.17, 15) is 26.4 Å². The van der Waals surface area contributed by atoms with E-state index in [1.165, 1.54) is 0 Å². The molecule has 0 radical (unpaired) electrons. The summed E-state index contributed by atoms with van der Waals surface area (Å²) >= 11 is 0. The van der Waals surface area contributed by atoms with Crippen molar-refractivity contribution in [2.24, 2.45) is 0 Å². The van der Waals surface area contributed by atoms with Crippen LogP contribution in [-0.2, 0) is 96.0 Å². The Balaban J connectivity index is 0.000000267. The monoisotopic (exact) mass is 1070 g/mol. The van der Waals surface area contributed by atoms with Crippen molar-refractivity contribution in [3.05, 3.63) is 131 Å². The minimum Gasteiger partial charge on any atom is -0.445 e. The van der Waals surface area contributed by atoms with Gasteiger partial charge in [0.1, 0.15) is 38.3 Å². The van der Waals surface area contributed by atoms with Gasteiger partial charge in [-0.1, -0.05) is 112 Å². The summed E-state index contributed by atoms with van der Waals surface area (Å²) < 4.78 is 84.8. The third-order valence-electron chi connectivity index (χ3n) is 11.0. The zero-order valence-electron chi connectivity index (χ0n) is 42.4. The van der Waals surface area contributed by atoms with Gasteiger partial charge in [-0.25, -0.2) is 19.6 Å². The number of aromatic nitrogens is 4. The zero-order chi connectivity index (χ0) is 52.4. The van der Waals surface area contributed by atoms with Crippen LogP contribution in [0.4, 0.5) is 9.59 Å². The van der Waals surface area contributed by atoms with Crippen molar-refractivity contribution in [2.45, 2.75) is 110 Å². The highest BCUT2D eigenvalue weighted by Gasteiger charge is 2.18. The first-order chi connectivity index (χ1) is 34.0. The van der Waals surface area contributed by atoms with Crippen molar-refractivity contribution in [2.75, 3.05) is 31.8 Å². The van der Waals surface area contributed by atoms with Crippen LogP contribution in [0.5, 0.6) is 0 Å². The molecule has 72 heavy (non-hydrogen) atoms. The number of nitrogens with zero attached hydrogens (tertiary/aromatic N) is 4. The molecular formula is C50H70N6O12S2Si2. The van der Waals surface area contributed by atoms with Crippen molar-refractivity contribution >= 4 is 70.6 Å². The molecule has 0 saturated carbocycles. The van der Waals surface area contributed by atoms with Crippen molar-refractivity contribution < 1.29 is 54.1 Å². The highest BCUT2D eigenvalue weighted by atomic mass is 32.2. The van der Waals surface area contributed by atoms with Gasteiger partial charge in [-0.2, -0.15) is 16.8 Å². The average molecular weight is 1070 g/mol. The number of alkyl carbamates (subject to hydrolysis) is 2. The lowest BCUT2D eigenvalue weighted by Crippen LogP contribution is -2.26. The Morgan fingerprint density at radius 1 is 0.597 bits per heavy atom. The van der Waals surface area contributed by atoms with Gasteiger partial charge in [0.15, 0.2) is 0 Å². The number of hydrogen-bond acceptors (Lipinski definition) is 13. The number of rotatable bonds is 26. The summed E-state index contributed by atoms with van der Waals surface area (Å²) in [7, 11) is -9.95. The van der Waals surface area contributed by atoms with Crippen LogP contribution in [-0.4, -0.2) is 101 Å². The second-order valence-electron chi connectivity index (χ2n) is 19.8. The van der Waals surface area contributed by atoms with E-state index in [4.69, 9.17) is 32.7 Å². The molecule has 6 aromatic rings. The molecule has 0 spiro atoms. The fraction of sp³-hybridized carbons (Fsp3) is 0.440. The molecule has 392 valence electrons. The molecule has 0 atom stereocenters. The SMILES string of the molecule is C[Si](C)(C)CCOCn1c(CNC(=O)OCc2ccccc2)nc2cc(CCOS(C)(=O)=O)ccc21.C[Si](C)(C)CCOCn1c(CNC(=O)OCc2ccccc2)nc2ccc(CCCS(=O)(=O)O)cc21. The van der Waals surface area contributed by atoms with E-state index in [1.54, 1.807) is 0 Å². The third-order valence-corrected chi connectivity index (χ3v) is 15.8. The second-order valence-corrected chi connectivity index (χ2v) is 34.2. The summed E-state index contributed by atoms with van der Waals surface area (Å²) in [6.45, 7) is 16.4. The summed E-state index contributed by atoms with van der Waals surface area (Å²) in [5.41, 5.74) is 6.81. The van der Waals surface area contributed by atoms with Gasteiger partial charge in [0.2, 0.25) is 0 Å². The second kappa shape index (κ2) is 27.0. The molecule has 0 aliphatic heterocycles. The summed E-state index contributed by atoms with van der Waals surface area (Å²) in [4.78, 5) is 33.9. The van der Waals surface area contributed by atoms with Gasteiger partial charge in [-0.3, -0.25) is 8.74 Å². The molecule has 0 unspecified atom stereocenters. The minimum absolute atomic E-state index is 0.0620. The Labute approximate surface area is 425 Å². The number of nitrogens with one attached hydrogen (secondary N) is 2. The minimum atomic E-state index is -3.99. The Kier molecular flexibility index (Phi) is 21.5. The lowest BCUT2D eigenvalue weighted by Gasteiger charge is -2.16. The maximum absolute atomic E-state index is 12.3. The number of imidazole rings is 2. The van der Waals surface area contributed by atoms with Crippen LogP contribution in [0.2, 0.25) is 51.4 Å². The molecule has 4 aromatic carbocycles. The average Bonchev–Trinajstić information content (AvgIpc) is 3.84. The molecule has 22 heteroatoms. The van der Waals surface area contributed by atoms with Crippen LogP contribution in [0.3, 0.4) is 0 Å². The first-order valence-corrected chi connectivity index (χ1v) is 34.6. The largest absolute Gasteiger partial charge is 0.445 e. The Hall–Kier alpha value is -5.47. The summed E-state index contributed by atoms with van der Waals surface area (Å²) in [6.07, 6.45) is 1.20. The predicted molar refractivity (Wildman–Crippen MR) is 284 cm³/mol. The van der Waals surface area contributed by atoms with E-state index in [0.717, 1.165) is 62.7 Å². The molecule has 0 bridgehead atoms. The van der Waals surface area contributed by atoms with E-state index >= 15 is 0 Å². The maximum atomic E-state index is 12.3. The summed E-state index contributed by atoms with van der Waals surface area (Å²) in [5.74, 6) is 0.980. The number of carbonyl (C=O) groups excluding carboxylic acids is 2. The fourth-order valence-corrected chi connectivity index (χ4v) is 9.41. The lowest BCUT2D eigenvalue weighted by molar-refractivity contribution is 0.0872. The maximum Gasteiger partial charge on any atom is 0.407 e. The highest BCUT2D eigenvalue weighted by molar-refractivity contribution is 7.86. The first kappa shape index (κ1) is 57.4. The van der Waals surface area contributed by atoms with E-state index < -0.39 is 48.6 Å². The van der Waals surface area contributed by atoms with Crippen molar-refractivity contribution in [3.63, 3.8) is 0 Å². The molecular weight excluding hydrogens is 997 g/mol. The quantitative estimate of drug-likeness (QED) is 0.0200. The van der Waals surface area contributed by atoms with Crippen molar-refractivity contribution in [1.29, 1.82) is 0 Å². The van der Waals surface area contributed by atoms with Crippen LogP contribution >= 0.6 is 0 Å². The van der Waals surface area contributed by atoms with Gasteiger partial charge >= 0.3 is 12.2 Å². The van der Waals surface area contributed by atoms with Crippen molar-refractivity contribution in [1.82, 2.24) is 29.7 Å². The van der Waals surface area contributed by atoms with Crippen LogP contribution in [0.25, 0.3) is 22.1 Å². The Bertz CT molecular complexity index is 2850. The van der Waals surface area contributed by atoms with Crippen LogP contribution in [0, 0.1) is 0 Å². The van der Waals surface area contributed by atoms with Crippen LogP contribution in [0.1, 0.15) is 40.3 Å². The van der Waals surface area contributed by atoms with Gasteiger partial charge in [0.25, 0.3) is 20.2 Å². The number of carbonyl (C=O) groups is 2. The van der Waals surface area contributed by atoms with E-state index in [1.807, 2.05) is 106 Å². The molecule has 18 nitrogen and oxygen atoms in total. The zero-order valence-corrected chi connectivity index (χ0v) is 46.0. The van der Waals surface area contributed by atoms with Gasteiger partial charge in [0, 0.05) is 29.4 Å². The number of hydrogen-bond donors (Lipinski definition) is 3. The molecule has 3 N–H and O–H groups in total. The van der Waals surface area contributed by atoms with Gasteiger partial charge < -0.3 is 38.7 Å². The van der Waals surface area contributed by atoms with Crippen LogP contribution < -0.4 is 10.6 Å². The lowest BCUT2D eigenvalue weighted by atomic mass is 10.1. The summed E-state index contributed by atoms with van der Waals surface area (Å²) in [6, 6.07) is 32.4. The fourth-order valence-electron chi connectivity index (χ4n) is 7.00.